The predicted octanol–water partition coefficient (Wildman–Crippen LogP) is 2.89. The zero-order valence-electron chi connectivity index (χ0n) is 14.8. The van der Waals surface area contributed by atoms with E-state index in [-0.39, 0.29) is 5.91 Å². The van der Waals surface area contributed by atoms with Gasteiger partial charge in [-0.05, 0) is 37.4 Å². The van der Waals surface area contributed by atoms with Gasteiger partial charge in [0.05, 0.1) is 0 Å². The highest BCUT2D eigenvalue weighted by molar-refractivity contribution is 5.85. The molecule has 0 bridgehead atoms. The zero-order valence-corrected chi connectivity index (χ0v) is 14.8. The van der Waals surface area contributed by atoms with Gasteiger partial charge in [-0.25, -0.2) is 0 Å². The van der Waals surface area contributed by atoms with E-state index in [1.54, 1.807) is 12.6 Å². The maximum absolute atomic E-state index is 11.5. The predicted molar refractivity (Wildman–Crippen MR) is 97.0 cm³/mol. The lowest BCUT2D eigenvalue weighted by Crippen LogP contribution is -2.38. The summed E-state index contributed by atoms with van der Waals surface area (Å²) < 4.78 is 2.59. The number of hydrogen-bond acceptors (Lipinski definition) is 2. The largest absolute Gasteiger partial charge is 0.344 e. The number of aromatic nitrogens is 1. The van der Waals surface area contributed by atoms with Crippen molar-refractivity contribution in [1.29, 1.82) is 0 Å². The van der Waals surface area contributed by atoms with Gasteiger partial charge in [-0.2, -0.15) is 0 Å². The summed E-state index contributed by atoms with van der Waals surface area (Å²) >= 11 is 0. The zero-order chi connectivity index (χ0) is 16.7. The Bertz CT molecular complexity index is 756. The molecule has 1 fully saturated rings. The van der Waals surface area contributed by atoms with Crippen molar-refractivity contribution in [3.8, 4) is 0 Å². The van der Waals surface area contributed by atoms with Gasteiger partial charge >= 0.3 is 0 Å². The average molecular weight is 325 g/mol. The van der Waals surface area contributed by atoms with Crippen LogP contribution in [0.5, 0.6) is 0 Å². The first-order valence-electron chi connectivity index (χ1n) is 9.16. The SMILES string of the molecule is CC(=O)N1CCC(Cn2c3c(c4ccccc42)CN(C)CC3)CC1. The number of hydrogen-bond donors (Lipinski definition) is 0. The maximum atomic E-state index is 11.5. The summed E-state index contributed by atoms with van der Waals surface area (Å²) in [6.07, 6.45) is 3.40. The van der Waals surface area contributed by atoms with E-state index in [9.17, 15) is 4.79 Å². The van der Waals surface area contributed by atoms with Crippen molar-refractivity contribution in [2.45, 2.75) is 39.3 Å². The van der Waals surface area contributed by atoms with Crippen LogP contribution in [-0.2, 0) is 24.3 Å². The van der Waals surface area contributed by atoms with Crippen molar-refractivity contribution < 1.29 is 4.79 Å². The van der Waals surface area contributed by atoms with Crippen molar-refractivity contribution >= 4 is 16.8 Å². The van der Waals surface area contributed by atoms with Gasteiger partial charge in [0.1, 0.15) is 0 Å². The second-order valence-corrected chi connectivity index (χ2v) is 7.49. The number of likely N-dealkylation sites (tertiary alicyclic amines) is 1. The molecule has 2 aromatic rings. The highest BCUT2D eigenvalue weighted by atomic mass is 16.2. The summed E-state index contributed by atoms with van der Waals surface area (Å²) in [4.78, 5) is 16.0. The molecule has 0 atom stereocenters. The normalized spacial score (nSPS) is 19.7. The molecule has 0 spiro atoms. The molecule has 0 saturated carbocycles. The van der Waals surface area contributed by atoms with Gasteiger partial charge in [0.15, 0.2) is 0 Å². The lowest BCUT2D eigenvalue weighted by Gasteiger charge is -2.32. The van der Waals surface area contributed by atoms with Gasteiger partial charge in [-0.1, -0.05) is 18.2 Å². The maximum Gasteiger partial charge on any atom is 0.219 e. The number of likely N-dealkylation sites (N-methyl/N-ethyl adjacent to an activating group) is 1. The molecule has 0 aliphatic carbocycles. The molecule has 4 nitrogen and oxygen atoms in total. The molecule has 128 valence electrons. The molecule has 4 heteroatoms. The van der Waals surface area contributed by atoms with E-state index in [2.05, 4.69) is 40.8 Å². The van der Waals surface area contributed by atoms with Crippen molar-refractivity contribution in [3.05, 3.63) is 35.5 Å². The van der Waals surface area contributed by atoms with Gasteiger partial charge in [-0.3, -0.25) is 4.79 Å². The number of carbonyl (C=O) groups is 1. The molecule has 0 radical (unpaired) electrons. The van der Waals surface area contributed by atoms with Crippen molar-refractivity contribution in [1.82, 2.24) is 14.4 Å². The van der Waals surface area contributed by atoms with E-state index >= 15 is 0 Å². The highest BCUT2D eigenvalue weighted by Crippen LogP contribution is 2.32. The molecule has 24 heavy (non-hydrogen) atoms. The molecule has 0 N–H and O–H groups in total. The Labute approximate surface area is 144 Å². The number of para-hydroxylation sites is 1. The highest BCUT2D eigenvalue weighted by Gasteiger charge is 2.26. The van der Waals surface area contributed by atoms with Gasteiger partial charge in [0.2, 0.25) is 5.91 Å². The fraction of sp³-hybridized carbons (Fsp3) is 0.550. The topological polar surface area (TPSA) is 28.5 Å². The third kappa shape index (κ3) is 2.73. The summed E-state index contributed by atoms with van der Waals surface area (Å²) in [5.41, 5.74) is 4.47. The number of carbonyl (C=O) groups excluding carboxylic acids is 1. The van der Waals surface area contributed by atoms with E-state index in [4.69, 9.17) is 0 Å². The Kier molecular flexibility index (Phi) is 4.09. The monoisotopic (exact) mass is 325 g/mol. The standard InChI is InChI=1S/C20H27N3O/c1-15(24)22-11-7-16(8-12-22)13-23-19-6-4-3-5-17(19)18-14-21(2)10-9-20(18)23/h3-6,16H,7-14H2,1-2H3. The molecule has 1 amide bonds. The van der Waals surface area contributed by atoms with Crippen LogP contribution in [0.2, 0.25) is 0 Å². The third-order valence-electron chi connectivity index (χ3n) is 5.85. The fourth-order valence-electron chi connectivity index (χ4n) is 4.43. The lowest BCUT2D eigenvalue weighted by atomic mass is 9.96. The summed E-state index contributed by atoms with van der Waals surface area (Å²) in [6.45, 7) is 6.84. The van der Waals surface area contributed by atoms with E-state index in [1.807, 2.05) is 4.90 Å². The molecule has 2 aliphatic rings. The van der Waals surface area contributed by atoms with Crippen LogP contribution in [0.1, 0.15) is 31.0 Å². The van der Waals surface area contributed by atoms with Crippen LogP contribution in [0.4, 0.5) is 0 Å². The summed E-state index contributed by atoms with van der Waals surface area (Å²) in [7, 11) is 2.21. The van der Waals surface area contributed by atoms with Gasteiger partial charge in [0.25, 0.3) is 0 Å². The van der Waals surface area contributed by atoms with Gasteiger partial charge in [0, 0.05) is 62.7 Å². The molecule has 3 heterocycles. The Hall–Kier alpha value is -1.81. The first-order valence-corrected chi connectivity index (χ1v) is 9.16. The first-order chi connectivity index (χ1) is 11.6. The summed E-state index contributed by atoms with van der Waals surface area (Å²) in [6, 6.07) is 8.87. The lowest BCUT2D eigenvalue weighted by molar-refractivity contribution is -0.130. The fourth-order valence-corrected chi connectivity index (χ4v) is 4.43. The number of fused-ring (bicyclic) bond motifs is 3. The van der Waals surface area contributed by atoms with Crippen molar-refractivity contribution in [3.63, 3.8) is 0 Å². The minimum atomic E-state index is 0.222. The molecular formula is C20H27N3O. The van der Waals surface area contributed by atoms with Crippen LogP contribution in [0.3, 0.4) is 0 Å². The Morgan fingerprint density at radius 3 is 2.67 bits per heavy atom. The number of nitrogens with zero attached hydrogens (tertiary/aromatic N) is 3. The van der Waals surface area contributed by atoms with E-state index in [1.165, 1.54) is 16.5 Å². The van der Waals surface area contributed by atoms with Crippen molar-refractivity contribution in [2.24, 2.45) is 5.92 Å². The Balaban J connectivity index is 1.62. The average Bonchev–Trinajstić information content (AvgIpc) is 2.89. The molecule has 0 unspecified atom stereocenters. The van der Waals surface area contributed by atoms with Crippen LogP contribution >= 0.6 is 0 Å². The van der Waals surface area contributed by atoms with E-state index < -0.39 is 0 Å². The first kappa shape index (κ1) is 15.7. The second-order valence-electron chi connectivity index (χ2n) is 7.49. The molecular weight excluding hydrogens is 298 g/mol. The molecule has 1 aromatic heterocycles. The number of rotatable bonds is 2. The molecule has 4 rings (SSSR count). The van der Waals surface area contributed by atoms with Crippen LogP contribution in [0, 0.1) is 5.92 Å². The van der Waals surface area contributed by atoms with Crippen LogP contribution in [0.15, 0.2) is 24.3 Å². The minimum Gasteiger partial charge on any atom is -0.344 e. The summed E-state index contributed by atoms with van der Waals surface area (Å²) in [5, 5.41) is 1.43. The quantitative estimate of drug-likeness (QED) is 0.849. The van der Waals surface area contributed by atoms with Crippen LogP contribution in [-0.4, -0.2) is 47.0 Å². The Morgan fingerprint density at radius 1 is 1.17 bits per heavy atom. The summed E-state index contributed by atoms with van der Waals surface area (Å²) in [5.74, 6) is 0.903. The van der Waals surface area contributed by atoms with E-state index in [0.29, 0.717) is 5.92 Å². The minimum absolute atomic E-state index is 0.222. The molecule has 2 aliphatic heterocycles. The number of benzene rings is 1. The van der Waals surface area contributed by atoms with Gasteiger partial charge in [-0.15, -0.1) is 0 Å². The van der Waals surface area contributed by atoms with Crippen molar-refractivity contribution in [2.75, 3.05) is 26.7 Å². The van der Waals surface area contributed by atoms with Crippen LogP contribution in [0.25, 0.3) is 10.9 Å². The number of piperidine rings is 1. The number of amides is 1. The second kappa shape index (κ2) is 6.25. The smallest absolute Gasteiger partial charge is 0.219 e. The van der Waals surface area contributed by atoms with E-state index in [0.717, 1.165) is 52.0 Å². The molecule has 1 saturated heterocycles. The third-order valence-corrected chi connectivity index (χ3v) is 5.85. The van der Waals surface area contributed by atoms with Gasteiger partial charge < -0.3 is 14.4 Å². The molecule has 1 aromatic carbocycles. The van der Waals surface area contributed by atoms with Crippen LogP contribution < -0.4 is 0 Å². The Morgan fingerprint density at radius 2 is 1.92 bits per heavy atom.